The van der Waals surface area contributed by atoms with Crippen molar-refractivity contribution in [3.05, 3.63) is 77.2 Å². The summed E-state index contributed by atoms with van der Waals surface area (Å²) in [4.78, 5) is 19.3. The number of hydrogen-bond acceptors (Lipinski definition) is 2. The number of aromatic nitrogens is 2. The predicted molar refractivity (Wildman–Crippen MR) is 75.7 cm³/mol. The zero-order chi connectivity index (χ0) is 13.1. The van der Waals surface area contributed by atoms with E-state index in [1.807, 2.05) is 60.7 Å². The molecule has 3 nitrogen and oxygen atoms in total. The van der Waals surface area contributed by atoms with Crippen LogP contribution in [0.3, 0.4) is 0 Å². The Kier molecular flexibility index (Phi) is 2.94. The minimum atomic E-state index is -0.125. The van der Waals surface area contributed by atoms with Gasteiger partial charge in [-0.3, -0.25) is 4.79 Å². The molecule has 0 amide bonds. The van der Waals surface area contributed by atoms with Crippen molar-refractivity contribution < 1.29 is 0 Å². The van der Waals surface area contributed by atoms with Crippen LogP contribution in [0.4, 0.5) is 0 Å². The average molecular weight is 248 g/mol. The molecule has 1 N–H and O–H groups in total. The van der Waals surface area contributed by atoms with E-state index in [2.05, 4.69) is 9.97 Å². The van der Waals surface area contributed by atoms with Crippen molar-refractivity contribution in [1.29, 1.82) is 0 Å². The van der Waals surface area contributed by atoms with Gasteiger partial charge in [-0.1, -0.05) is 60.7 Å². The molecule has 1 heterocycles. The van der Waals surface area contributed by atoms with Crippen LogP contribution in [0.1, 0.15) is 0 Å². The van der Waals surface area contributed by atoms with Gasteiger partial charge in [0.25, 0.3) is 5.56 Å². The molecular formula is C16H12N2O. The molecule has 0 atom stereocenters. The first-order chi connectivity index (χ1) is 9.34. The van der Waals surface area contributed by atoms with Crippen LogP contribution in [0, 0.1) is 0 Å². The van der Waals surface area contributed by atoms with E-state index < -0.39 is 0 Å². The second-order valence-corrected chi connectivity index (χ2v) is 4.21. The maximum Gasteiger partial charge on any atom is 0.259 e. The van der Waals surface area contributed by atoms with Crippen LogP contribution >= 0.6 is 0 Å². The molecule has 0 spiro atoms. The summed E-state index contributed by atoms with van der Waals surface area (Å²) in [6, 6.07) is 19.1. The van der Waals surface area contributed by atoms with Gasteiger partial charge >= 0.3 is 0 Å². The van der Waals surface area contributed by atoms with Gasteiger partial charge in [0.05, 0.1) is 5.56 Å². The van der Waals surface area contributed by atoms with Gasteiger partial charge in [0, 0.05) is 11.8 Å². The molecule has 0 aliphatic heterocycles. The summed E-state index contributed by atoms with van der Waals surface area (Å²) in [5, 5.41) is 0. The van der Waals surface area contributed by atoms with Gasteiger partial charge in [-0.05, 0) is 5.56 Å². The Hall–Kier alpha value is -2.68. The summed E-state index contributed by atoms with van der Waals surface area (Å²) in [7, 11) is 0. The fraction of sp³-hybridized carbons (Fsp3) is 0. The van der Waals surface area contributed by atoms with Gasteiger partial charge in [-0.25, -0.2) is 4.98 Å². The Bertz CT molecular complexity index is 733. The minimum absolute atomic E-state index is 0.125. The van der Waals surface area contributed by atoms with Crippen LogP contribution in [-0.2, 0) is 0 Å². The molecular weight excluding hydrogens is 236 g/mol. The highest BCUT2D eigenvalue weighted by molar-refractivity contribution is 5.63. The topological polar surface area (TPSA) is 45.8 Å². The van der Waals surface area contributed by atoms with Crippen LogP contribution in [0.2, 0.25) is 0 Å². The van der Waals surface area contributed by atoms with E-state index in [1.165, 1.54) is 0 Å². The SMILES string of the molecule is O=c1[nH]c(-c2ccccc2)ncc1-c1ccccc1. The van der Waals surface area contributed by atoms with Gasteiger partial charge in [-0.15, -0.1) is 0 Å². The van der Waals surface area contributed by atoms with Crippen LogP contribution in [-0.4, -0.2) is 9.97 Å². The summed E-state index contributed by atoms with van der Waals surface area (Å²) in [5.41, 5.74) is 2.23. The Morgan fingerprint density at radius 3 is 1.95 bits per heavy atom. The molecule has 3 heteroatoms. The van der Waals surface area contributed by atoms with Crippen LogP contribution in [0.5, 0.6) is 0 Å². The van der Waals surface area contributed by atoms with E-state index in [1.54, 1.807) is 6.20 Å². The molecule has 19 heavy (non-hydrogen) atoms. The van der Waals surface area contributed by atoms with Gasteiger partial charge in [0.2, 0.25) is 0 Å². The Morgan fingerprint density at radius 2 is 1.37 bits per heavy atom. The van der Waals surface area contributed by atoms with Crippen molar-refractivity contribution in [2.45, 2.75) is 0 Å². The Balaban J connectivity index is 2.07. The molecule has 0 unspecified atom stereocenters. The van der Waals surface area contributed by atoms with E-state index in [0.717, 1.165) is 11.1 Å². The summed E-state index contributed by atoms with van der Waals surface area (Å²) in [5.74, 6) is 0.588. The molecule has 2 aromatic carbocycles. The predicted octanol–water partition coefficient (Wildman–Crippen LogP) is 3.10. The molecule has 0 saturated heterocycles. The maximum atomic E-state index is 12.1. The van der Waals surface area contributed by atoms with Crippen molar-refractivity contribution in [2.75, 3.05) is 0 Å². The largest absolute Gasteiger partial charge is 0.306 e. The first kappa shape index (κ1) is 11.4. The molecule has 0 radical (unpaired) electrons. The number of rotatable bonds is 2. The third-order valence-corrected chi connectivity index (χ3v) is 2.93. The lowest BCUT2D eigenvalue weighted by Crippen LogP contribution is -2.11. The number of H-pyrrole nitrogens is 1. The number of aromatic amines is 1. The molecule has 3 aromatic rings. The molecule has 0 saturated carbocycles. The fourth-order valence-electron chi connectivity index (χ4n) is 1.96. The van der Waals surface area contributed by atoms with Crippen LogP contribution < -0.4 is 5.56 Å². The standard InChI is InChI=1S/C16H12N2O/c19-16-14(12-7-3-1-4-8-12)11-17-15(18-16)13-9-5-2-6-10-13/h1-11H,(H,17,18,19). The van der Waals surface area contributed by atoms with E-state index in [9.17, 15) is 4.79 Å². The Labute approximate surface area is 110 Å². The zero-order valence-corrected chi connectivity index (χ0v) is 10.2. The first-order valence-electron chi connectivity index (χ1n) is 6.05. The zero-order valence-electron chi connectivity index (χ0n) is 10.2. The van der Waals surface area contributed by atoms with E-state index in [-0.39, 0.29) is 5.56 Å². The lowest BCUT2D eigenvalue weighted by molar-refractivity contribution is 1.13. The Morgan fingerprint density at radius 1 is 0.789 bits per heavy atom. The summed E-state index contributed by atoms with van der Waals surface area (Å²) < 4.78 is 0. The third-order valence-electron chi connectivity index (χ3n) is 2.93. The van der Waals surface area contributed by atoms with Gasteiger partial charge < -0.3 is 4.98 Å². The van der Waals surface area contributed by atoms with Crippen molar-refractivity contribution in [3.63, 3.8) is 0 Å². The normalized spacial score (nSPS) is 10.3. The monoisotopic (exact) mass is 248 g/mol. The van der Waals surface area contributed by atoms with Crippen molar-refractivity contribution in [3.8, 4) is 22.5 Å². The lowest BCUT2D eigenvalue weighted by atomic mass is 10.1. The lowest BCUT2D eigenvalue weighted by Gasteiger charge is -2.03. The van der Waals surface area contributed by atoms with E-state index >= 15 is 0 Å². The number of nitrogens with one attached hydrogen (secondary N) is 1. The third kappa shape index (κ3) is 2.31. The van der Waals surface area contributed by atoms with Gasteiger partial charge in [-0.2, -0.15) is 0 Å². The summed E-state index contributed by atoms with van der Waals surface area (Å²) in [6.07, 6.45) is 1.62. The smallest absolute Gasteiger partial charge is 0.259 e. The fourth-order valence-corrected chi connectivity index (χ4v) is 1.96. The summed E-state index contributed by atoms with van der Waals surface area (Å²) >= 11 is 0. The maximum absolute atomic E-state index is 12.1. The molecule has 1 aromatic heterocycles. The van der Waals surface area contributed by atoms with Crippen LogP contribution in [0.15, 0.2) is 71.7 Å². The highest BCUT2D eigenvalue weighted by Crippen LogP contribution is 2.16. The second-order valence-electron chi connectivity index (χ2n) is 4.21. The first-order valence-corrected chi connectivity index (χ1v) is 6.05. The molecule has 0 aliphatic rings. The quantitative estimate of drug-likeness (QED) is 0.757. The summed E-state index contributed by atoms with van der Waals surface area (Å²) in [6.45, 7) is 0. The number of benzene rings is 2. The molecule has 0 bridgehead atoms. The second kappa shape index (κ2) is 4.90. The van der Waals surface area contributed by atoms with Gasteiger partial charge in [0.1, 0.15) is 5.82 Å². The van der Waals surface area contributed by atoms with Gasteiger partial charge in [0.15, 0.2) is 0 Å². The molecule has 3 rings (SSSR count). The highest BCUT2D eigenvalue weighted by Gasteiger charge is 2.05. The van der Waals surface area contributed by atoms with Crippen molar-refractivity contribution in [2.24, 2.45) is 0 Å². The highest BCUT2D eigenvalue weighted by atomic mass is 16.1. The molecule has 0 fully saturated rings. The van der Waals surface area contributed by atoms with E-state index in [4.69, 9.17) is 0 Å². The van der Waals surface area contributed by atoms with E-state index in [0.29, 0.717) is 11.4 Å². The molecule has 0 aliphatic carbocycles. The molecule has 92 valence electrons. The van der Waals surface area contributed by atoms with Crippen molar-refractivity contribution >= 4 is 0 Å². The average Bonchev–Trinajstić information content (AvgIpc) is 2.49. The van der Waals surface area contributed by atoms with Crippen LogP contribution in [0.25, 0.3) is 22.5 Å². The number of hydrogen-bond donors (Lipinski definition) is 1. The number of nitrogens with zero attached hydrogens (tertiary/aromatic N) is 1. The van der Waals surface area contributed by atoms with Crippen molar-refractivity contribution in [1.82, 2.24) is 9.97 Å². The minimum Gasteiger partial charge on any atom is -0.306 e.